The molecule has 3 aliphatic rings. The molecule has 182 valence electrons. The normalized spacial score (nSPS) is 22.1. The van der Waals surface area contributed by atoms with Crippen LogP contribution in [0, 0.1) is 18.2 Å². The third-order valence-corrected chi connectivity index (χ3v) is 10.0. The average molecular weight is 516 g/mol. The lowest BCUT2D eigenvalue weighted by Gasteiger charge is -2.53. The fraction of sp³-hybridized carbons (Fsp3) is 0.321. The third kappa shape index (κ3) is 3.69. The summed E-state index contributed by atoms with van der Waals surface area (Å²) in [6.07, 6.45) is 8.25. The van der Waals surface area contributed by atoms with Crippen molar-refractivity contribution in [2.45, 2.75) is 25.8 Å². The second kappa shape index (κ2) is 8.56. The molecule has 2 aromatic carbocycles. The molecule has 2 aromatic heterocycles. The SMILES string of the molecule is Cc1cn(-c2ccc(/C=C3\CC4(CSC4)CN4C3=NCCC4c3ccc(F)cc3)c3ncsc23)cn1. The maximum absolute atomic E-state index is 13.7. The van der Waals surface area contributed by atoms with E-state index in [9.17, 15) is 4.39 Å². The molecule has 1 atom stereocenters. The van der Waals surface area contributed by atoms with Gasteiger partial charge in [0.05, 0.1) is 39.5 Å². The van der Waals surface area contributed by atoms with Crippen LogP contribution in [0.2, 0.25) is 0 Å². The number of amidine groups is 1. The van der Waals surface area contributed by atoms with Gasteiger partial charge >= 0.3 is 0 Å². The van der Waals surface area contributed by atoms with Gasteiger partial charge in [0.1, 0.15) is 11.7 Å². The molecular weight excluding hydrogens is 489 g/mol. The van der Waals surface area contributed by atoms with Gasteiger partial charge in [-0.05, 0) is 55.2 Å². The Labute approximate surface area is 217 Å². The zero-order valence-corrected chi connectivity index (χ0v) is 21.7. The van der Waals surface area contributed by atoms with Gasteiger partial charge in [-0.25, -0.2) is 14.4 Å². The van der Waals surface area contributed by atoms with Crippen LogP contribution in [-0.4, -0.2) is 49.9 Å². The zero-order valence-electron chi connectivity index (χ0n) is 20.0. The van der Waals surface area contributed by atoms with Crippen LogP contribution < -0.4 is 0 Å². The molecule has 0 aliphatic carbocycles. The summed E-state index contributed by atoms with van der Waals surface area (Å²) in [6, 6.07) is 11.6. The van der Waals surface area contributed by atoms with Crippen LogP contribution in [0.3, 0.4) is 0 Å². The smallest absolute Gasteiger partial charge is 0.127 e. The molecule has 0 N–H and O–H groups in total. The number of hydrogen-bond donors (Lipinski definition) is 0. The van der Waals surface area contributed by atoms with Crippen LogP contribution in [0.1, 0.15) is 35.7 Å². The van der Waals surface area contributed by atoms with Gasteiger partial charge in [0, 0.05) is 41.8 Å². The van der Waals surface area contributed by atoms with Gasteiger partial charge < -0.3 is 9.47 Å². The monoisotopic (exact) mass is 515 g/mol. The van der Waals surface area contributed by atoms with E-state index in [4.69, 9.17) is 9.98 Å². The second-order valence-electron chi connectivity index (χ2n) is 10.2. The molecule has 0 saturated carbocycles. The number of aryl methyl sites for hydroxylation is 1. The predicted molar refractivity (Wildman–Crippen MR) is 147 cm³/mol. The Kier molecular flexibility index (Phi) is 5.29. The van der Waals surface area contributed by atoms with Crippen molar-refractivity contribution in [1.29, 1.82) is 0 Å². The minimum Gasteiger partial charge on any atom is -0.349 e. The first-order valence-electron chi connectivity index (χ1n) is 12.3. The number of fused-ring (bicyclic) bond motifs is 2. The Hall–Kier alpha value is -2.97. The first kappa shape index (κ1) is 22.2. The standard InChI is InChI=1S/C28H26FN5S2/c1-18-12-33(16-31-18)24-7-4-20(25-26(24)36-17-32-25)10-21-11-28(14-35-15-28)13-34-23(8-9-30-27(21)34)19-2-5-22(29)6-3-19/h2-7,10,12,16-17,23H,8-9,11,13-15H2,1H3/b21-10+. The summed E-state index contributed by atoms with van der Waals surface area (Å²) in [7, 11) is 0. The minimum atomic E-state index is -0.184. The average Bonchev–Trinajstić information content (AvgIpc) is 3.53. The fourth-order valence-corrected chi connectivity index (χ4v) is 7.82. The molecule has 7 rings (SSSR count). The molecule has 2 saturated heterocycles. The molecule has 2 fully saturated rings. The highest BCUT2D eigenvalue weighted by molar-refractivity contribution is 8.00. The molecule has 8 heteroatoms. The summed E-state index contributed by atoms with van der Waals surface area (Å²) in [5, 5.41) is 0. The highest BCUT2D eigenvalue weighted by Gasteiger charge is 2.47. The number of rotatable bonds is 3. The van der Waals surface area contributed by atoms with E-state index in [-0.39, 0.29) is 17.3 Å². The third-order valence-electron chi connectivity index (χ3n) is 7.56. The number of piperidine rings is 1. The van der Waals surface area contributed by atoms with Gasteiger partial charge in [-0.2, -0.15) is 11.8 Å². The van der Waals surface area contributed by atoms with E-state index in [0.29, 0.717) is 0 Å². The molecule has 0 amide bonds. The summed E-state index contributed by atoms with van der Waals surface area (Å²) in [6.45, 7) is 3.81. The molecule has 1 spiro atoms. The lowest BCUT2D eigenvalue weighted by Crippen LogP contribution is -2.55. The van der Waals surface area contributed by atoms with E-state index in [2.05, 4.69) is 38.9 Å². The number of benzene rings is 2. The molecule has 0 radical (unpaired) electrons. The number of hydrogen-bond acceptors (Lipinski definition) is 6. The van der Waals surface area contributed by atoms with Gasteiger partial charge in [0.15, 0.2) is 0 Å². The summed E-state index contributed by atoms with van der Waals surface area (Å²) < 4.78 is 16.9. The van der Waals surface area contributed by atoms with Gasteiger partial charge in [0.2, 0.25) is 0 Å². The van der Waals surface area contributed by atoms with Gasteiger partial charge in [-0.15, -0.1) is 11.3 Å². The summed E-state index contributed by atoms with van der Waals surface area (Å²) in [4.78, 5) is 16.7. The van der Waals surface area contributed by atoms with Crippen LogP contribution >= 0.6 is 23.1 Å². The number of nitrogens with zero attached hydrogens (tertiary/aromatic N) is 5. The minimum absolute atomic E-state index is 0.184. The van der Waals surface area contributed by atoms with Crippen molar-refractivity contribution >= 4 is 45.2 Å². The maximum atomic E-state index is 13.7. The first-order chi connectivity index (χ1) is 17.6. The summed E-state index contributed by atoms with van der Waals surface area (Å²) in [5.41, 5.74) is 8.95. The Bertz CT molecular complexity index is 1510. The molecule has 3 aliphatic heterocycles. The van der Waals surface area contributed by atoms with E-state index in [1.54, 1.807) is 23.5 Å². The van der Waals surface area contributed by atoms with E-state index in [1.807, 2.05) is 42.7 Å². The summed E-state index contributed by atoms with van der Waals surface area (Å²) in [5.74, 6) is 3.27. The van der Waals surface area contributed by atoms with Crippen molar-refractivity contribution in [2.75, 3.05) is 24.6 Å². The number of thiazole rings is 1. The van der Waals surface area contributed by atoms with Crippen molar-refractivity contribution in [2.24, 2.45) is 10.4 Å². The van der Waals surface area contributed by atoms with E-state index >= 15 is 0 Å². The summed E-state index contributed by atoms with van der Waals surface area (Å²) >= 11 is 3.70. The number of halogens is 1. The number of imidazole rings is 1. The fourth-order valence-electron chi connectivity index (χ4n) is 5.81. The highest BCUT2D eigenvalue weighted by atomic mass is 32.2. The van der Waals surface area contributed by atoms with Crippen molar-refractivity contribution < 1.29 is 4.39 Å². The van der Waals surface area contributed by atoms with Gasteiger partial charge in [0.25, 0.3) is 0 Å². The molecule has 4 aromatic rings. The van der Waals surface area contributed by atoms with Gasteiger partial charge in [-0.1, -0.05) is 18.2 Å². The second-order valence-corrected chi connectivity index (χ2v) is 12.0. The maximum Gasteiger partial charge on any atom is 0.127 e. The number of thioether (sulfide) groups is 1. The Morgan fingerprint density at radius 1 is 1.11 bits per heavy atom. The van der Waals surface area contributed by atoms with Crippen LogP contribution in [0.5, 0.6) is 0 Å². The van der Waals surface area contributed by atoms with Crippen LogP contribution in [0.25, 0.3) is 22.0 Å². The molecule has 0 bridgehead atoms. The Balaban J connectivity index is 1.31. The quantitative estimate of drug-likeness (QED) is 0.321. The topological polar surface area (TPSA) is 46.3 Å². The largest absolute Gasteiger partial charge is 0.349 e. The molecular formula is C28H26FN5S2. The number of aliphatic imine (C=N–C) groups is 1. The zero-order chi connectivity index (χ0) is 24.3. The van der Waals surface area contributed by atoms with Crippen LogP contribution in [-0.2, 0) is 0 Å². The lowest BCUT2D eigenvalue weighted by molar-refractivity contribution is 0.174. The van der Waals surface area contributed by atoms with E-state index in [0.717, 1.165) is 58.9 Å². The highest BCUT2D eigenvalue weighted by Crippen LogP contribution is 2.50. The van der Waals surface area contributed by atoms with Crippen molar-refractivity contribution in [3.63, 3.8) is 0 Å². The Morgan fingerprint density at radius 2 is 1.97 bits per heavy atom. The van der Waals surface area contributed by atoms with Crippen molar-refractivity contribution in [3.05, 3.63) is 82.6 Å². The first-order valence-corrected chi connectivity index (χ1v) is 14.3. The van der Waals surface area contributed by atoms with E-state index in [1.165, 1.54) is 22.6 Å². The Morgan fingerprint density at radius 3 is 2.72 bits per heavy atom. The number of aromatic nitrogens is 3. The van der Waals surface area contributed by atoms with Crippen LogP contribution in [0.15, 0.2) is 65.0 Å². The molecule has 5 heterocycles. The van der Waals surface area contributed by atoms with Crippen molar-refractivity contribution in [1.82, 2.24) is 19.4 Å². The predicted octanol–water partition coefficient (Wildman–Crippen LogP) is 6.30. The molecule has 1 unspecified atom stereocenters. The molecule has 36 heavy (non-hydrogen) atoms. The molecule has 5 nitrogen and oxygen atoms in total. The van der Waals surface area contributed by atoms with Crippen LogP contribution in [0.4, 0.5) is 4.39 Å². The van der Waals surface area contributed by atoms with E-state index < -0.39 is 0 Å². The van der Waals surface area contributed by atoms with Gasteiger partial charge in [-0.3, -0.25) is 4.99 Å². The van der Waals surface area contributed by atoms with Crippen molar-refractivity contribution in [3.8, 4) is 5.69 Å². The lowest BCUT2D eigenvalue weighted by atomic mass is 9.77.